The number of piperidine rings is 1. The van der Waals surface area contributed by atoms with Gasteiger partial charge in [0.15, 0.2) is 5.78 Å². The van der Waals surface area contributed by atoms with Crippen LogP contribution in [0, 0.1) is 0 Å². The van der Waals surface area contributed by atoms with Crippen LogP contribution in [0.25, 0.3) is 0 Å². The second-order valence-electron chi connectivity index (χ2n) is 5.38. The summed E-state index contributed by atoms with van der Waals surface area (Å²) in [7, 11) is 0. The maximum atomic E-state index is 11.8. The van der Waals surface area contributed by atoms with E-state index in [0.717, 1.165) is 43.8 Å². The minimum Gasteiger partial charge on any atom is -0.389 e. The van der Waals surface area contributed by atoms with Gasteiger partial charge in [-0.05, 0) is 50.7 Å². The topological polar surface area (TPSA) is 40.5 Å². The molecule has 2 rings (SSSR count). The average Bonchev–Trinajstić information content (AvgIpc) is 2.81. The Balaban J connectivity index is 1.71. The van der Waals surface area contributed by atoms with Crippen LogP contribution in [0.3, 0.4) is 0 Å². The van der Waals surface area contributed by atoms with E-state index in [1.54, 1.807) is 0 Å². The largest absolute Gasteiger partial charge is 0.389 e. The number of Topliss-reactive ketones (excluding diaryl/α,β-unsaturated/α-hetero) is 1. The first-order valence-electron chi connectivity index (χ1n) is 6.58. The van der Waals surface area contributed by atoms with Gasteiger partial charge in [0.1, 0.15) is 0 Å². The van der Waals surface area contributed by atoms with Gasteiger partial charge in [0, 0.05) is 13.0 Å². The SMILES string of the molecule is CC1(O)CCCN(CCCC(=O)c2cccs2)C1. The molecule has 1 unspecified atom stereocenters. The van der Waals surface area contributed by atoms with E-state index in [-0.39, 0.29) is 5.78 Å². The molecular formula is C14H21NO2S. The fourth-order valence-electron chi connectivity index (χ4n) is 2.54. The van der Waals surface area contributed by atoms with Crippen molar-refractivity contribution >= 4 is 17.1 Å². The van der Waals surface area contributed by atoms with Crippen LogP contribution in [0.1, 0.15) is 42.3 Å². The zero-order valence-electron chi connectivity index (χ0n) is 10.9. The molecule has 100 valence electrons. The standard InChI is InChI=1S/C14H21NO2S/c1-14(17)7-4-9-15(11-14)8-2-5-12(16)13-6-3-10-18-13/h3,6,10,17H,2,4-5,7-9,11H2,1H3. The van der Waals surface area contributed by atoms with Crippen molar-refractivity contribution in [2.45, 2.75) is 38.2 Å². The lowest BCUT2D eigenvalue weighted by molar-refractivity contribution is -0.0156. The van der Waals surface area contributed by atoms with Gasteiger partial charge in [-0.1, -0.05) is 6.07 Å². The highest BCUT2D eigenvalue weighted by atomic mass is 32.1. The van der Waals surface area contributed by atoms with Crippen LogP contribution in [0.4, 0.5) is 0 Å². The fraction of sp³-hybridized carbons (Fsp3) is 0.643. The van der Waals surface area contributed by atoms with Crippen LogP contribution >= 0.6 is 11.3 Å². The maximum absolute atomic E-state index is 11.8. The Hall–Kier alpha value is -0.710. The number of rotatable bonds is 5. The number of carbonyl (C=O) groups excluding carboxylic acids is 1. The summed E-state index contributed by atoms with van der Waals surface area (Å²) in [6.07, 6.45) is 3.43. The highest BCUT2D eigenvalue weighted by Crippen LogP contribution is 2.20. The number of β-amino-alcohol motifs (C(OH)–C–C–N with tert-alkyl or cyclic N) is 1. The quantitative estimate of drug-likeness (QED) is 0.834. The lowest BCUT2D eigenvalue weighted by Gasteiger charge is -2.36. The maximum Gasteiger partial charge on any atom is 0.172 e. The third-order valence-corrected chi connectivity index (χ3v) is 4.34. The van der Waals surface area contributed by atoms with Crippen molar-refractivity contribution in [3.05, 3.63) is 22.4 Å². The zero-order valence-corrected chi connectivity index (χ0v) is 11.7. The highest BCUT2D eigenvalue weighted by Gasteiger charge is 2.27. The lowest BCUT2D eigenvalue weighted by Crippen LogP contribution is -2.46. The number of carbonyl (C=O) groups is 1. The molecule has 0 spiro atoms. The van der Waals surface area contributed by atoms with Gasteiger partial charge in [0.25, 0.3) is 0 Å². The molecule has 0 amide bonds. The predicted molar refractivity (Wildman–Crippen MR) is 74.2 cm³/mol. The van der Waals surface area contributed by atoms with Gasteiger partial charge in [0.05, 0.1) is 10.5 Å². The lowest BCUT2D eigenvalue weighted by atomic mass is 9.95. The molecule has 4 heteroatoms. The summed E-state index contributed by atoms with van der Waals surface area (Å²) < 4.78 is 0. The molecule has 0 aliphatic carbocycles. The molecule has 1 fully saturated rings. The summed E-state index contributed by atoms with van der Waals surface area (Å²) >= 11 is 1.51. The first-order chi connectivity index (χ1) is 8.57. The van der Waals surface area contributed by atoms with Crippen molar-refractivity contribution in [2.75, 3.05) is 19.6 Å². The molecule has 1 N–H and O–H groups in total. The molecule has 1 aliphatic heterocycles. The first kappa shape index (κ1) is 13.7. The molecule has 1 atom stereocenters. The molecule has 1 aromatic heterocycles. The van der Waals surface area contributed by atoms with Crippen LogP contribution < -0.4 is 0 Å². The van der Waals surface area contributed by atoms with E-state index in [2.05, 4.69) is 4.90 Å². The predicted octanol–water partition coefficient (Wildman–Crippen LogP) is 2.56. The zero-order chi connectivity index (χ0) is 13.0. The van der Waals surface area contributed by atoms with Crippen molar-refractivity contribution in [1.29, 1.82) is 0 Å². The van der Waals surface area contributed by atoms with Gasteiger partial charge in [-0.15, -0.1) is 11.3 Å². The summed E-state index contributed by atoms with van der Waals surface area (Å²) in [6.45, 7) is 4.59. The first-order valence-corrected chi connectivity index (χ1v) is 7.46. The van der Waals surface area contributed by atoms with Crippen LogP contribution in [-0.4, -0.2) is 41.0 Å². The van der Waals surface area contributed by atoms with E-state index in [4.69, 9.17) is 0 Å². The van der Waals surface area contributed by atoms with Gasteiger partial charge in [-0.2, -0.15) is 0 Å². The van der Waals surface area contributed by atoms with Crippen molar-refractivity contribution in [1.82, 2.24) is 4.90 Å². The second-order valence-corrected chi connectivity index (χ2v) is 6.33. The summed E-state index contributed by atoms with van der Waals surface area (Å²) in [5.74, 6) is 0.244. The third kappa shape index (κ3) is 3.90. The van der Waals surface area contributed by atoms with Crippen LogP contribution in [0.15, 0.2) is 17.5 Å². The summed E-state index contributed by atoms with van der Waals surface area (Å²) in [4.78, 5) is 14.9. The number of thiophene rings is 1. The molecule has 1 saturated heterocycles. The molecule has 0 aromatic carbocycles. The normalized spacial score (nSPS) is 25.2. The van der Waals surface area contributed by atoms with Gasteiger partial charge in [-0.3, -0.25) is 4.79 Å². The number of hydrogen-bond donors (Lipinski definition) is 1. The number of likely N-dealkylation sites (tertiary alicyclic amines) is 1. The average molecular weight is 267 g/mol. The Morgan fingerprint density at radius 1 is 1.61 bits per heavy atom. The molecule has 0 radical (unpaired) electrons. The molecule has 2 heterocycles. The van der Waals surface area contributed by atoms with Crippen molar-refractivity contribution in [3.8, 4) is 0 Å². The van der Waals surface area contributed by atoms with Gasteiger partial charge >= 0.3 is 0 Å². The van der Waals surface area contributed by atoms with E-state index >= 15 is 0 Å². The molecule has 1 aromatic rings. The Bertz CT molecular complexity index is 387. The molecular weight excluding hydrogens is 246 g/mol. The van der Waals surface area contributed by atoms with Crippen molar-refractivity contribution in [3.63, 3.8) is 0 Å². The molecule has 1 aliphatic rings. The van der Waals surface area contributed by atoms with Crippen molar-refractivity contribution < 1.29 is 9.90 Å². The number of hydrogen-bond acceptors (Lipinski definition) is 4. The number of aliphatic hydroxyl groups is 1. The number of ketones is 1. The second kappa shape index (κ2) is 5.95. The van der Waals surface area contributed by atoms with Crippen LogP contribution in [0.2, 0.25) is 0 Å². The molecule has 0 saturated carbocycles. The van der Waals surface area contributed by atoms with E-state index in [9.17, 15) is 9.90 Å². The number of nitrogens with zero attached hydrogens (tertiary/aromatic N) is 1. The third-order valence-electron chi connectivity index (χ3n) is 3.43. The van der Waals surface area contributed by atoms with Crippen molar-refractivity contribution in [2.24, 2.45) is 0 Å². The Kier molecular flexibility index (Phi) is 4.54. The summed E-state index contributed by atoms with van der Waals surface area (Å²) in [5.41, 5.74) is -0.546. The fourth-order valence-corrected chi connectivity index (χ4v) is 3.23. The monoisotopic (exact) mass is 267 g/mol. The molecule has 0 bridgehead atoms. The van der Waals surface area contributed by atoms with E-state index < -0.39 is 5.60 Å². The Labute approximate surface area is 112 Å². The minimum atomic E-state index is -0.546. The smallest absolute Gasteiger partial charge is 0.172 e. The van der Waals surface area contributed by atoms with Gasteiger partial charge < -0.3 is 10.0 Å². The molecule has 18 heavy (non-hydrogen) atoms. The Morgan fingerprint density at radius 2 is 2.44 bits per heavy atom. The van der Waals surface area contributed by atoms with E-state index in [1.807, 2.05) is 24.4 Å². The summed E-state index contributed by atoms with van der Waals surface area (Å²) in [5, 5.41) is 11.9. The van der Waals surface area contributed by atoms with Gasteiger partial charge in [0.2, 0.25) is 0 Å². The Morgan fingerprint density at radius 3 is 3.11 bits per heavy atom. The van der Waals surface area contributed by atoms with E-state index in [1.165, 1.54) is 11.3 Å². The van der Waals surface area contributed by atoms with Crippen LogP contribution in [-0.2, 0) is 0 Å². The molecule has 3 nitrogen and oxygen atoms in total. The highest BCUT2D eigenvalue weighted by molar-refractivity contribution is 7.12. The van der Waals surface area contributed by atoms with E-state index in [0.29, 0.717) is 6.42 Å². The minimum absolute atomic E-state index is 0.244. The van der Waals surface area contributed by atoms with Crippen LogP contribution in [0.5, 0.6) is 0 Å². The van der Waals surface area contributed by atoms with Gasteiger partial charge in [-0.25, -0.2) is 0 Å². The summed E-state index contributed by atoms with van der Waals surface area (Å²) in [6, 6.07) is 3.80.